The van der Waals surface area contributed by atoms with Crippen molar-refractivity contribution in [3.63, 3.8) is 0 Å². The van der Waals surface area contributed by atoms with E-state index in [1.54, 1.807) is 0 Å². The Morgan fingerprint density at radius 3 is 2.09 bits per heavy atom. The van der Waals surface area contributed by atoms with E-state index >= 15 is 0 Å². The molecule has 2 fully saturated rings. The molecule has 0 aromatic rings. The molecule has 64 valence electrons. The van der Waals surface area contributed by atoms with Gasteiger partial charge < -0.3 is 4.90 Å². The number of likely N-dealkylation sites (tertiary alicyclic amines) is 1. The molecule has 1 saturated carbocycles. The zero-order valence-corrected chi connectivity index (χ0v) is 7.71. The summed E-state index contributed by atoms with van der Waals surface area (Å²) in [6.45, 7) is 7.41. The molecule has 2 rings (SSSR count). The second-order valence-electron chi connectivity index (χ2n) is 4.59. The van der Waals surface area contributed by atoms with Gasteiger partial charge in [0.2, 0.25) is 0 Å². The van der Waals surface area contributed by atoms with Gasteiger partial charge >= 0.3 is 0 Å². The Hall–Kier alpha value is -0.0400. The first-order valence-electron chi connectivity index (χ1n) is 4.99. The van der Waals surface area contributed by atoms with Crippen molar-refractivity contribution < 1.29 is 0 Å². The smallest absolute Gasteiger partial charge is 0.00388 e. The van der Waals surface area contributed by atoms with Gasteiger partial charge in [-0.05, 0) is 44.9 Å². The summed E-state index contributed by atoms with van der Waals surface area (Å²) >= 11 is 0. The molecule has 1 heterocycles. The van der Waals surface area contributed by atoms with Crippen LogP contribution >= 0.6 is 0 Å². The van der Waals surface area contributed by atoms with Gasteiger partial charge in [0.1, 0.15) is 0 Å². The molecular formula is C10H19N. The minimum atomic E-state index is 0.776. The van der Waals surface area contributed by atoms with E-state index in [0.717, 1.165) is 17.9 Å². The molecular weight excluding hydrogens is 134 g/mol. The second-order valence-corrected chi connectivity index (χ2v) is 4.59. The van der Waals surface area contributed by atoms with Crippen LogP contribution in [0.15, 0.2) is 0 Å². The van der Waals surface area contributed by atoms with Crippen LogP contribution in [0.1, 0.15) is 33.1 Å². The third-order valence-electron chi connectivity index (χ3n) is 3.37. The van der Waals surface area contributed by atoms with Crippen molar-refractivity contribution >= 4 is 0 Å². The fraction of sp³-hybridized carbons (Fsp3) is 1.00. The van der Waals surface area contributed by atoms with E-state index in [-0.39, 0.29) is 0 Å². The van der Waals surface area contributed by atoms with E-state index in [0.29, 0.717) is 0 Å². The number of nitrogens with zero attached hydrogens (tertiary/aromatic N) is 1. The maximum atomic E-state index is 2.66. The van der Waals surface area contributed by atoms with Crippen LogP contribution < -0.4 is 0 Å². The van der Waals surface area contributed by atoms with Crippen LogP contribution in [0.3, 0.4) is 0 Å². The molecule has 0 radical (unpaired) electrons. The molecule has 2 atom stereocenters. The summed E-state index contributed by atoms with van der Waals surface area (Å²) in [5.41, 5.74) is 0. The van der Waals surface area contributed by atoms with Gasteiger partial charge in [0.05, 0.1) is 0 Å². The normalized spacial score (nSPS) is 38.5. The van der Waals surface area contributed by atoms with Crippen molar-refractivity contribution in [3.05, 3.63) is 0 Å². The lowest BCUT2D eigenvalue weighted by Gasteiger charge is -2.34. The van der Waals surface area contributed by atoms with E-state index < -0.39 is 0 Å². The fourth-order valence-electron chi connectivity index (χ4n) is 2.67. The summed E-state index contributed by atoms with van der Waals surface area (Å²) in [6, 6.07) is 0.776. The van der Waals surface area contributed by atoms with Crippen LogP contribution in [0.25, 0.3) is 0 Å². The highest BCUT2D eigenvalue weighted by Gasteiger charge is 2.33. The summed E-state index contributed by atoms with van der Waals surface area (Å²) < 4.78 is 0. The van der Waals surface area contributed by atoms with Gasteiger partial charge in [-0.15, -0.1) is 0 Å². The third-order valence-corrected chi connectivity index (χ3v) is 3.37. The van der Waals surface area contributed by atoms with Crippen molar-refractivity contribution in [2.45, 2.75) is 39.2 Å². The topological polar surface area (TPSA) is 3.24 Å². The van der Waals surface area contributed by atoms with Gasteiger partial charge in [-0.1, -0.05) is 0 Å². The standard InChI is InChI=1S/C10H19N/c1-8(2)11-6-9-3-4-10(5-9)7-11/h8-10H,3-7H2,1-2H3/t9-,10?/m0/s1. The Labute approximate surface area is 69.8 Å². The van der Waals surface area contributed by atoms with E-state index in [2.05, 4.69) is 18.7 Å². The second kappa shape index (κ2) is 2.78. The fourth-order valence-corrected chi connectivity index (χ4v) is 2.67. The summed E-state index contributed by atoms with van der Waals surface area (Å²) in [4.78, 5) is 2.66. The summed E-state index contributed by atoms with van der Waals surface area (Å²) in [7, 11) is 0. The van der Waals surface area contributed by atoms with Crippen molar-refractivity contribution in [1.29, 1.82) is 0 Å². The van der Waals surface area contributed by atoms with Crippen LogP contribution in [0.5, 0.6) is 0 Å². The third kappa shape index (κ3) is 1.44. The van der Waals surface area contributed by atoms with Gasteiger partial charge in [0, 0.05) is 19.1 Å². The van der Waals surface area contributed by atoms with Crippen LogP contribution in [-0.2, 0) is 0 Å². The number of hydrogen-bond acceptors (Lipinski definition) is 1. The molecule has 11 heavy (non-hydrogen) atoms. The Morgan fingerprint density at radius 1 is 1.09 bits per heavy atom. The minimum absolute atomic E-state index is 0.776. The van der Waals surface area contributed by atoms with Crippen molar-refractivity contribution in [1.82, 2.24) is 4.90 Å². The SMILES string of the molecule is CC(C)N1CC2CC[C@@H](C2)C1. The predicted octanol–water partition coefficient (Wildman–Crippen LogP) is 2.13. The molecule has 1 saturated heterocycles. The maximum absolute atomic E-state index is 2.66. The van der Waals surface area contributed by atoms with E-state index in [4.69, 9.17) is 0 Å². The van der Waals surface area contributed by atoms with E-state index in [9.17, 15) is 0 Å². The maximum Gasteiger partial charge on any atom is 0.00388 e. The predicted molar refractivity (Wildman–Crippen MR) is 47.5 cm³/mol. The Kier molecular flexibility index (Phi) is 1.92. The van der Waals surface area contributed by atoms with Crippen LogP contribution in [0.2, 0.25) is 0 Å². The molecule has 1 aliphatic heterocycles. The summed E-state index contributed by atoms with van der Waals surface area (Å²) in [5, 5.41) is 0. The number of piperidine rings is 1. The molecule has 2 aliphatic rings. The number of rotatable bonds is 1. The number of hydrogen-bond donors (Lipinski definition) is 0. The summed E-state index contributed by atoms with van der Waals surface area (Å²) in [6.07, 6.45) is 4.55. The first-order valence-corrected chi connectivity index (χ1v) is 4.99. The molecule has 0 aromatic heterocycles. The Bertz CT molecular complexity index is 130. The first-order chi connectivity index (χ1) is 5.25. The van der Waals surface area contributed by atoms with Crippen molar-refractivity contribution in [2.75, 3.05) is 13.1 Å². The zero-order valence-electron chi connectivity index (χ0n) is 7.71. The molecule has 0 spiro atoms. The van der Waals surface area contributed by atoms with Crippen molar-refractivity contribution in [3.8, 4) is 0 Å². The lowest BCUT2D eigenvalue weighted by molar-refractivity contribution is 0.133. The highest BCUT2D eigenvalue weighted by atomic mass is 15.2. The lowest BCUT2D eigenvalue weighted by Crippen LogP contribution is -2.40. The quantitative estimate of drug-likeness (QED) is 0.558. The van der Waals surface area contributed by atoms with Gasteiger partial charge in [-0.2, -0.15) is 0 Å². The molecule has 0 aromatic carbocycles. The molecule has 1 heteroatoms. The van der Waals surface area contributed by atoms with Gasteiger partial charge in [0.15, 0.2) is 0 Å². The highest BCUT2D eigenvalue weighted by molar-refractivity contribution is 4.86. The van der Waals surface area contributed by atoms with Gasteiger partial charge in [-0.3, -0.25) is 0 Å². The number of fused-ring (bicyclic) bond motifs is 2. The largest absolute Gasteiger partial charge is 0.300 e. The Morgan fingerprint density at radius 2 is 1.64 bits per heavy atom. The molecule has 1 aliphatic carbocycles. The van der Waals surface area contributed by atoms with E-state index in [1.807, 2.05) is 0 Å². The van der Waals surface area contributed by atoms with Crippen molar-refractivity contribution in [2.24, 2.45) is 11.8 Å². The average Bonchev–Trinajstić information content (AvgIpc) is 2.30. The first kappa shape index (κ1) is 7.60. The monoisotopic (exact) mass is 153 g/mol. The van der Waals surface area contributed by atoms with Crippen LogP contribution in [0, 0.1) is 11.8 Å². The van der Waals surface area contributed by atoms with Crippen LogP contribution in [-0.4, -0.2) is 24.0 Å². The molecule has 1 nitrogen and oxygen atoms in total. The molecule has 2 bridgehead atoms. The molecule has 0 N–H and O–H groups in total. The van der Waals surface area contributed by atoms with Gasteiger partial charge in [-0.25, -0.2) is 0 Å². The summed E-state index contributed by atoms with van der Waals surface area (Å²) in [5.74, 6) is 2.10. The lowest BCUT2D eigenvalue weighted by atomic mass is 9.98. The highest BCUT2D eigenvalue weighted by Crippen LogP contribution is 2.36. The van der Waals surface area contributed by atoms with E-state index in [1.165, 1.54) is 32.4 Å². The minimum Gasteiger partial charge on any atom is -0.300 e. The van der Waals surface area contributed by atoms with Gasteiger partial charge in [0.25, 0.3) is 0 Å². The molecule has 1 unspecified atom stereocenters. The molecule has 0 amide bonds. The average molecular weight is 153 g/mol. The Balaban J connectivity index is 1.97. The van der Waals surface area contributed by atoms with Crippen LogP contribution in [0.4, 0.5) is 0 Å². The zero-order chi connectivity index (χ0) is 7.84.